The molecule has 0 spiro atoms. The highest BCUT2D eigenvalue weighted by molar-refractivity contribution is 5.82. The molecule has 0 radical (unpaired) electrons. The molecule has 28 heavy (non-hydrogen) atoms. The van der Waals surface area contributed by atoms with Gasteiger partial charge in [0.25, 0.3) is 0 Å². The predicted molar refractivity (Wildman–Crippen MR) is 108 cm³/mol. The SMILES string of the molecule is C=CCC(O)n1c(-c2cccnc2N)nc2ccc(-c3cn(C)nc3C)nc21. The number of hydrogen-bond acceptors (Lipinski definition) is 6. The normalized spacial score (nSPS) is 12.4. The van der Waals surface area contributed by atoms with Gasteiger partial charge in [-0.1, -0.05) is 6.08 Å². The van der Waals surface area contributed by atoms with Crippen LogP contribution >= 0.6 is 0 Å². The lowest BCUT2D eigenvalue weighted by Crippen LogP contribution is -2.11. The van der Waals surface area contributed by atoms with E-state index in [1.54, 1.807) is 27.6 Å². The fourth-order valence-electron chi connectivity index (χ4n) is 3.31. The van der Waals surface area contributed by atoms with Crippen molar-refractivity contribution in [1.82, 2.24) is 29.3 Å². The molecule has 4 heterocycles. The van der Waals surface area contributed by atoms with Crippen molar-refractivity contribution in [2.45, 2.75) is 19.6 Å². The predicted octanol–water partition coefficient (Wildman–Crippen LogP) is 2.85. The van der Waals surface area contributed by atoms with Crippen molar-refractivity contribution in [3.8, 4) is 22.6 Å². The van der Waals surface area contributed by atoms with Gasteiger partial charge in [0.2, 0.25) is 0 Å². The first-order valence-corrected chi connectivity index (χ1v) is 8.89. The Balaban J connectivity index is 1.98. The minimum atomic E-state index is -0.880. The maximum absolute atomic E-state index is 10.8. The van der Waals surface area contributed by atoms with Crippen molar-refractivity contribution in [3.63, 3.8) is 0 Å². The number of imidazole rings is 1. The number of anilines is 1. The van der Waals surface area contributed by atoms with Gasteiger partial charge in [0.15, 0.2) is 5.65 Å². The van der Waals surface area contributed by atoms with Gasteiger partial charge >= 0.3 is 0 Å². The molecular formula is C20H21N7O. The second kappa shape index (κ2) is 6.90. The quantitative estimate of drug-likeness (QED) is 0.519. The van der Waals surface area contributed by atoms with Gasteiger partial charge in [-0.05, 0) is 31.2 Å². The Morgan fingerprint density at radius 1 is 1.25 bits per heavy atom. The van der Waals surface area contributed by atoms with E-state index in [1.165, 1.54) is 0 Å². The lowest BCUT2D eigenvalue weighted by atomic mass is 10.2. The molecule has 0 aliphatic heterocycles. The monoisotopic (exact) mass is 375 g/mol. The van der Waals surface area contributed by atoms with Crippen LogP contribution in [0.2, 0.25) is 0 Å². The van der Waals surface area contributed by atoms with E-state index in [9.17, 15) is 5.11 Å². The van der Waals surface area contributed by atoms with E-state index in [4.69, 9.17) is 10.7 Å². The van der Waals surface area contributed by atoms with Crippen molar-refractivity contribution >= 4 is 17.0 Å². The standard InChI is InChI=1S/C20H21N7O/c1-4-6-17(28)27-19(13-7-5-10-22-18(13)21)24-16-9-8-15(23-20(16)27)14-11-26(3)25-12(14)2/h4-5,7-11,17,28H,1,6H2,2-3H3,(H2,21,22). The third-order valence-corrected chi connectivity index (χ3v) is 4.58. The van der Waals surface area contributed by atoms with E-state index < -0.39 is 6.23 Å². The lowest BCUT2D eigenvalue weighted by molar-refractivity contribution is 0.113. The largest absolute Gasteiger partial charge is 0.383 e. The van der Waals surface area contributed by atoms with Crippen LogP contribution in [0.25, 0.3) is 33.8 Å². The zero-order valence-electron chi connectivity index (χ0n) is 15.7. The minimum absolute atomic E-state index is 0.341. The summed E-state index contributed by atoms with van der Waals surface area (Å²) < 4.78 is 3.43. The molecule has 1 atom stereocenters. The van der Waals surface area contributed by atoms with Gasteiger partial charge in [-0.2, -0.15) is 5.10 Å². The topological polar surface area (TPSA) is 108 Å². The van der Waals surface area contributed by atoms with Crippen molar-refractivity contribution < 1.29 is 5.11 Å². The Kier molecular flexibility index (Phi) is 4.40. The summed E-state index contributed by atoms with van der Waals surface area (Å²) in [5.41, 5.74) is 10.5. The zero-order chi connectivity index (χ0) is 19.8. The Labute approximate surface area is 162 Å². The van der Waals surface area contributed by atoms with Crippen LogP contribution < -0.4 is 5.73 Å². The molecule has 1 unspecified atom stereocenters. The molecule has 3 N–H and O–H groups in total. The minimum Gasteiger partial charge on any atom is -0.383 e. The smallest absolute Gasteiger partial charge is 0.163 e. The van der Waals surface area contributed by atoms with Crippen molar-refractivity contribution in [1.29, 1.82) is 0 Å². The summed E-state index contributed by atoms with van der Waals surface area (Å²) in [6.45, 7) is 5.67. The lowest BCUT2D eigenvalue weighted by Gasteiger charge is -2.15. The number of aliphatic hydroxyl groups is 1. The first-order valence-electron chi connectivity index (χ1n) is 8.89. The van der Waals surface area contributed by atoms with Crippen LogP contribution in [0.1, 0.15) is 18.3 Å². The highest BCUT2D eigenvalue weighted by atomic mass is 16.3. The molecule has 4 aromatic rings. The van der Waals surface area contributed by atoms with Gasteiger partial charge in [-0.3, -0.25) is 9.25 Å². The Hall–Kier alpha value is -3.52. The molecule has 0 aliphatic carbocycles. The maximum Gasteiger partial charge on any atom is 0.163 e. The number of aromatic nitrogens is 6. The van der Waals surface area contributed by atoms with Crippen LogP contribution in [0, 0.1) is 6.92 Å². The van der Waals surface area contributed by atoms with Gasteiger partial charge in [0.05, 0.1) is 17.0 Å². The number of nitrogens with zero attached hydrogens (tertiary/aromatic N) is 6. The van der Waals surface area contributed by atoms with Crippen LogP contribution in [0.5, 0.6) is 0 Å². The number of rotatable bonds is 5. The van der Waals surface area contributed by atoms with Crippen molar-refractivity contribution in [2.24, 2.45) is 7.05 Å². The highest BCUT2D eigenvalue weighted by Gasteiger charge is 2.21. The Morgan fingerprint density at radius 3 is 2.75 bits per heavy atom. The number of nitrogen functional groups attached to an aromatic ring is 1. The number of pyridine rings is 2. The molecule has 4 aromatic heterocycles. The van der Waals surface area contributed by atoms with Crippen LogP contribution in [-0.2, 0) is 7.05 Å². The summed E-state index contributed by atoms with van der Waals surface area (Å²) in [6, 6.07) is 7.40. The van der Waals surface area contributed by atoms with Gasteiger partial charge in [0.1, 0.15) is 23.4 Å². The number of aliphatic hydroxyl groups excluding tert-OH is 1. The summed E-state index contributed by atoms with van der Waals surface area (Å²) in [6.07, 6.45) is 4.66. The van der Waals surface area contributed by atoms with Gasteiger partial charge in [0, 0.05) is 31.4 Å². The van der Waals surface area contributed by atoms with Crippen LogP contribution in [0.3, 0.4) is 0 Å². The molecule has 8 heteroatoms. The summed E-state index contributed by atoms with van der Waals surface area (Å²) in [5, 5.41) is 15.2. The van der Waals surface area contributed by atoms with Gasteiger partial charge in [-0.25, -0.2) is 15.0 Å². The van der Waals surface area contributed by atoms with E-state index in [2.05, 4.69) is 21.6 Å². The number of fused-ring (bicyclic) bond motifs is 1. The first-order chi connectivity index (χ1) is 13.5. The van der Waals surface area contributed by atoms with E-state index >= 15 is 0 Å². The molecule has 4 rings (SSSR count). The summed E-state index contributed by atoms with van der Waals surface area (Å²) in [7, 11) is 1.87. The second-order valence-electron chi connectivity index (χ2n) is 6.59. The fourth-order valence-corrected chi connectivity index (χ4v) is 3.31. The first kappa shape index (κ1) is 17.9. The third-order valence-electron chi connectivity index (χ3n) is 4.58. The molecule has 0 bridgehead atoms. The molecule has 142 valence electrons. The molecule has 0 aliphatic rings. The molecule has 0 saturated carbocycles. The van der Waals surface area contributed by atoms with Gasteiger partial charge < -0.3 is 10.8 Å². The molecule has 0 fully saturated rings. The Morgan fingerprint density at radius 2 is 2.07 bits per heavy atom. The third kappa shape index (κ3) is 2.93. The maximum atomic E-state index is 10.8. The summed E-state index contributed by atoms with van der Waals surface area (Å²) in [4.78, 5) is 13.6. The molecule has 8 nitrogen and oxygen atoms in total. The molecular weight excluding hydrogens is 354 g/mol. The average Bonchev–Trinajstić information content (AvgIpc) is 3.21. The van der Waals surface area contributed by atoms with Crippen LogP contribution in [0.4, 0.5) is 5.82 Å². The second-order valence-corrected chi connectivity index (χ2v) is 6.59. The Bertz CT molecular complexity index is 1170. The number of aryl methyl sites for hydroxylation is 2. The van der Waals surface area contributed by atoms with Crippen LogP contribution in [0.15, 0.2) is 49.3 Å². The fraction of sp³-hybridized carbons (Fsp3) is 0.200. The highest BCUT2D eigenvalue weighted by Crippen LogP contribution is 2.32. The van der Waals surface area contributed by atoms with Crippen molar-refractivity contribution in [2.75, 3.05) is 5.73 Å². The van der Waals surface area contributed by atoms with E-state index in [0.717, 1.165) is 17.0 Å². The van der Waals surface area contributed by atoms with E-state index in [-0.39, 0.29) is 0 Å². The summed E-state index contributed by atoms with van der Waals surface area (Å²) >= 11 is 0. The van der Waals surface area contributed by atoms with Gasteiger partial charge in [-0.15, -0.1) is 6.58 Å². The molecule has 0 saturated heterocycles. The number of hydrogen-bond donors (Lipinski definition) is 2. The van der Waals surface area contributed by atoms with Crippen LogP contribution in [-0.4, -0.2) is 34.4 Å². The van der Waals surface area contributed by atoms with E-state index in [1.807, 2.05) is 38.4 Å². The average molecular weight is 375 g/mol. The van der Waals surface area contributed by atoms with Crippen molar-refractivity contribution in [3.05, 3.63) is 55.0 Å². The zero-order valence-corrected chi connectivity index (χ0v) is 15.7. The molecule has 0 amide bonds. The summed E-state index contributed by atoms with van der Waals surface area (Å²) in [5.74, 6) is 0.857. The molecule has 0 aromatic carbocycles. The van der Waals surface area contributed by atoms with E-state index in [0.29, 0.717) is 34.8 Å². The number of nitrogens with two attached hydrogens (primary N) is 1.